The van der Waals surface area contributed by atoms with E-state index in [-0.39, 0.29) is 67.0 Å². The summed E-state index contributed by atoms with van der Waals surface area (Å²) in [6.07, 6.45) is -0.178. The molecule has 0 heterocycles. The molecule has 0 aromatic rings. The third kappa shape index (κ3) is 13.7. The van der Waals surface area contributed by atoms with Crippen molar-refractivity contribution in [1.29, 1.82) is 0 Å². The summed E-state index contributed by atoms with van der Waals surface area (Å²) in [6, 6.07) is -2.24. The first-order valence-corrected chi connectivity index (χ1v) is 10.3. The van der Waals surface area contributed by atoms with Crippen molar-refractivity contribution < 1.29 is 67.8 Å². The number of esters is 2. The van der Waals surface area contributed by atoms with Crippen molar-refractivity contribution in [3.05, 3.63) is 0 Å². The predicted molar refractivity (Wildman–Crippen MR) is 84.7 cm³/mol. The Kier molecular flexibility index (Phi) is 15.2. The predicted octanol–water partition coefficient (Wildman–Crippen LogP) is -4.10. The molecule has 3 atom stereocenters. The molecule has 13 heteroatoms. The Hall–Kier alpha value is -0.130. The van der Waals surface area contributed by atoms with Gasteiger partial charge in [0.05, 0.1) is 13.2 Å². The van der Waals surface area contributed by atoms with Crippen molar-refractivity contribution in [2.75, 3.05) is 19.0 Å². The van der Waals surface area contributed by atoms with Gasteiger partial charge >= 0.3 is 41.5 Å². The Bertz CT molecular complexity index is 490. The van der Waals surface area contributed by atoms with Gasteiger partial charge in [0.1, 0.15) is 12.1 Å². The van der Waals surface area contributed by atoms with Gasteiger partial charge in [-0.1, -0.05) is 11.4 Å². The van der Waals surface area contributed by atoms with Crippen LogP contribution in [0.25, 0.3) is 0 Å². The van der Waals surface area contributed by atoms with E-state index in [2.05, 4.69) is 5.32 Å². The molecule has 0 aromatic heterocycles. The number of amides is 1. The van der Waals surface area contributed by atoms with Crippen molar-refractivity contribution in [2.45, 2.75) is 38.8 Å². The second kappa shape index (κ2) is 14.0. The fourth-order valence-electron chi connectivity index (χ4n) is 1.50. The van der Waals surface area contributed by atoms with E-state index >= 15 is 0 Å². The molecule has 0 aliphatic rings. The molecule has 140 valence electrons. The van der Waals surface area contributed by atoms with Gasteiger partial charge in [-0.3, -0.25) is 14.2 Å². The molecule has 10 nitrogen and oxygen atoms in total. The molecule has 4 N–H and O–H groups in total. The van der Waals surface area contributed by atoms with E-state index in [1.807, 2.05) is 0 Å². The zero-order chi connectivity index (χ0) is 18.8. The summed E-state index contributed by atoms with van der Waals surface area (Å²) >= 11 is 0.115. The summed E-state index contributed by atoms with van der Waals surface area (Å²) in [7, 11) is 0. The van der Waals surface area contributed by atoms with Gasteiger partial charge < -0.3 is 30.3 Å². The van der Waals surface area contributed by atoms with Crippen LogP contribution in [0.3, 0.4) is 0 Å². The molecule has 25 heavy (non-hydrogen) atoms. The summed E-state index contributed by atoms with van der Waals surface area (Å²) in [5.41, 5.74) is 5.54. The molecule has 0 saturated heterocycles. The summed E-state index contributed by atoms with van der Waals surface area (Å²) < 4.78 is 20.2. The monoisotopic (exact) mass is 408 g/mol. The Morgan fingerprint density at radius 2 is 1.76 bits per heavy atom. The molecule has 0 fully saturated rings. The molecular formula is C12H22N2NaO8PS. The molecule has 0 radical (unpaired) electrons. The maximum atomic E-state index is 11.8. The van der Waals surface area contributed by atoms with Gasteiger partial charge in [-0.15, -0.1) is 0 Å². The van der Waals surface area contributed by atoms with Crippen molar-refractivity contribution in [1.82, 2.24) is 5.32 Å². The molecular weight excluding hydrogens is 386 g/mol. The van der Waals surface area contributed by atoms with Gasteiger partial charge in [0, 0.05) is 12.2 Å². The van der Waals surface area contributed by atoms with Crippen LogP contribution >= 0.6 is 18.2 Å². The van der Waals surface area contributed by atoms with Crippen LogP contribution in [0.4, 0.5) is 0 Å². The summed E-state index contributed by atoms with van der Waals surface area (Å²) in [5.74, 6) is -2.50. The van der Waals surface area contributed by atoms with Gasteiger partial charge in [-0.2, -0.15) is 0 Å². The molecule has 0 aliphatic carbocycles. The zero-order valence-electron chi connectivity index (χ0n) is 14.4. The van der Waals surface area contributed by atoms with Gasteiger partial charge in [-0.05, 0) is 20.3 Å². The van der Waals surface area contributed by atoms with E-state index in [1.165, 1.54) is 0 Å². The number of hydrogen-bond acceptors (Lipinski definition) is 9. The SMILES string of the molecule is CCOC(=O)C(N)CCC(=O)N[C@@H](CSP(=O)([O-])O)C(=O)OCC.[Na+]. The molecule has 0 rings (SSSR count). The van der Waals surface area contributed by atoms with E-state index < -0.39 is 42.5 Å². The number of hydrogen-bond donors (Lipinski definition) is 3. The number of nitrogens with one attached hydrogen (secondary N) is 1. The maximum absolute atomic E-state index is 11.8. The summed E-state index contributed by atoms with van der Waals surface area (Å²) in [4.78, 5) is 54.4. The normalized spacial score (nSPS) is 15.1. The van der Waals surface area contributed by atoms with Crippen LogP contribution in [0.1, 0.15) is 26.7 Å². The number of ether oxygens (including phenoxy) is 2. The van der Waals surface area contributed by atoms with Crippen LogP contribution in [-0.2, 0) is 28.4 Å². The van der Waals surface area contributed by atoms with Crippen molar-refractivity contribution in [3.63, 3.8) is 0 Å². The fraction of sp³-hybridized carbons (Fsp3) is 0.750. The van der Waals surface area contributed by atoms with E-state index in [4.69, 9.17) is 20.1 Å². The smallest absolute Gasteiger partial charge is 0.770 e. The minimum atomic E-state index is -4.65. The van der Waals surface area contributed by atoms with Crippen molar-refractivity contribution in [3.8, 4) is 0 Å². The van der Waals surface area contributed by atoms with E-state index in [1.54, 1.807) is 13.8 Å². The topological polar surface area (TPSA) is 168 Å². The molecule has 1 amide bonds. The number of carbonyl (C=O) groups excluding carboxylic acids is 3. The minimum Gasteiger partial charge on any atom is -0.770 e. The number of rotatable bonds is 11. The Morgan fingerprint density at radius 3 is 2.24 bits per heavy atom. The summed E-state index contributed by atoms with van der Waals surface area (Å²) in [6.45, 7) is -1.28. The zero-order valence-corrected chi connectivity index (χ0v) is 18.1. The number of nitrogens with two attached hydrogens (primary N) is 1. The molecule has 0 aliphatic heterocycles. The first-order chi connectivity index (χ1) is 11.1. The van der Waals surface area contributed by atoms with Gasteiger partial charge in [0.25, 0.3) is 0 Å². The number of carbonyl (C=O) groups is 3. The maximum Gasteiger partial charge on any atom is 1.00 e. The van der Waals surface area contributed by atoms with Gasteiger partial charge in [-0.25, -0.2) is 4.79 Å². The van der Waals surface area contributed by atoms with Gasteiger partial charge in [0.15, 0.2) is 6.80 Å². The van der Waals surface area contributed by atoms with Crippen LogP contribution in [0.2, 0.25) is 0 Å². The van der Waals surface area contributed by atoms with Crippen LogP contribution in [-0.4, -0.2) is 53.8 Å². The third-order valence-corrected chi connectivity index (χ3v) is 4.82. The van der Waals surface area contributed by atoms with E-state index in [9.17, 15) is 23.8 Å². The van der Waals surface area contributed by atoms with Crippen LogP contribution < -0.4 is 45.5 Å². The Labute approximate surface area is 172 Å². The first kappa shape index (κ1) is 27.1. The largest absolute Gasteiger partial charge is 1.00 e. The second-order valence-corrected chi connectivity index (χ2v) is 8.22. The van der Waals surface area contributed by atoms with Crippen LogP contribution in [0.15, 0.2) is 0 Å². The molecule has 0 spiro atoms. The second-order valence-electron chi connectivity index (χ2n) is 4.53. The van der Waals surface area contributed by atoms with Crippen molar-refractivity contribution in [2.24, 2.45) is 5.73 Å². The Balaban J connectivity index is 0. The van der Waals surface area contributed by atoms with Crippen LogP contribution in [0, 0.1) is 0 Å². The molecule has 0 bridgehead atoms. The minimum absolute atomic E-state index is 0. The van der Waals surface area contributed by atoms with Crippen molar-refractivity contribution >= 4 is 36.0 Å². The summed E-state index contributed by atoms with van der Waals surface area (Å²) in [5, 5.41) is 2.29. The average molecular weight is 408 g/mol. The quantitative estimate of drug-likeness (QED) is 0.174. The fourth-order valence-corrected chi connectivity index (χ4v) is 3.07. The average Bonchev–Trinajstić information content (AvgIpc) is 2.48. The van der Waals surface area contributed by atoms with Crippen LogP contribution in [0.5, 0.6) is 0 Å². The molecule has 0 saturated carbocycles. The Morgan fingerprint density at radius 1 is 1.24 bits per heavy atom. The first-order valence-electron chi connectivity index (χ1n) is 7.17. The molecule has 2 unspecified atom stereocenters. The van der Waals surface area contributed by atoms with E-state index in [0.29, 0.717) is 0 Å². The van der Waals surface area contributed by atoms with E-state index in [0.717, 1.165) is 0 Å². The van der Waals surface area contributed by atoms with Gasteiger partial charge in [0.2, 0.25) is 5.91 Å². The standard InChI is InChI=1S/C12H23N2O8PS.Na/c1-3-21-11(16)8(13)5-6-10(15)14-9(12(17)22-4-2)7-24-23(18,19)20;/h8-9H,3-7,13H2,1-2H3,(H,14,15)(H2,18,19,20);/q;+1/p-1/t8?,9-;/m0./s1. The third-order valence-electron chi connectivity index (χ3n) is 2.58. The molecule has 0 aromatic carbocycles.